The van der Waals surface area contributed by atoms with Crippen LogP contribution in [-0.4, -0.2) is 38.5 Å². The van der Waals surface area contributed by atoms with Gasteiger partial charge in [0.2, 0.25) is 6.29 Å². The second kappa shape index (κ2) is 8.94. The monoisotopic (exact) mass is 446 g/mol. The molecule has 32 heavy (non-hydrogen) atoms. The fraction of sp³-hybridized carbons (Fsp3) is 0.280. The summed E-state index contributed by atoms with van der Waals surface area (Å²) in [5, 5.41) is 0.999. The van der Waals surface area contributed by atoms with E-state index in [-0.39, 0.29) is 5.41 Å². The summed E-state index contributed by atoms with van der Waals surface area (Å²) in [6, 6.07) is 20.4. The largest absolute Gasteiger partial charge is 0.345 e. The zero-order chi connectivity index (χ0) is 22.0. The first-order valence-electron chi connectivity index (χ1n) is 10.7. The minimum atomic E-state index is -0.513. The summed E-state index contributed by atoms with van der Waals surface area (Å²) >= 11 is 1.73. The van der Waals surface area contributed by atoms with Crippen LogP contribution in [0.2, 0.25) is 0 Å². The van der Waals surface area contributed by atoms with Gasteiger partial charge in [0, 0.05) is 41.7 Å². The third kappa shape index (κ3) is 4.37. The lowest BCUT2D eigenvalue weighted by Crippen LogP contribution is -2.38. The van der Waals surface area contributed by atoms with E-state index < -0.39 is 6.29 Å². The Bertz CT molecular complexity index is 1110. The Labute approximate surface area is 192 Å². The smallest absolute Gasteiger partial charge is 0.217 e. The lowest BCUT2D eigenvalue weighted by atomic mass is 9.95. The molecular weight excluding hydrogens is 420 g/mol. The number of aromatic amines is 1. The van der Waals surface area contributed by atoms with Gasteiger partial charge < -0.3 is 19.0 Å². The summed E-state index contributed by atoms with van der Waals surface area (Å²) in [6.07, 6.45) is 3.27. The number of ether oxygens (including phenoxy) is 2. The topological polar surface area (TPSA) is 65.0 Å². The third-order valence-corrected chi connectivity index (χ3v) is 7.04. The number of aryl methyl sites for hydroxylation is 1. The second-order valence-electron chi connectivity index (χ2n) is 8.45. The second-order valence-corrected chi connectivity index (χ2v) is 9.39. The number of imidazole rings is 2. The zero-order valence-corrected chi connectivity index (χ0v) is 19.0. The van der Waals surface area contributed by atoms with Crippen LogP contribution in [0.5, 0.6) is 0 Å². The Morgan fingerprint density at radius 2 is 1.69 bits per heavy atom. The lowest BCUT2D eigenvalue weighted by molar-refractivity contribution is -0.228. The van der Waals surface area contributed by atoms with Gasteiger partial charge in [-0.3, -0.25) is 0 Å². The van der Waals surface area contributed by atoms with Crippen LogP contribution in [0.3, 0.4) is 0 Å². The summed E-state index contributed by atoms with van der Waals surface area (Å²) in [6.45, 7) is 3.38. The third-order valence-electron chi connectivity index (χ3n) is 5.55. The number of aromatic nitrogens is 4. The van der Waals surface area contributed by atoms with Crippen LogP contribution >= 0.6 is 11.8 Å². The van der Waals surface area contributed by atoms with Gasteiger partial charge in [-0.05, 0) is 0 Å². The van der Waals surface area contributed by atoms with E-state index in [4.69, 9.17) is 14.5 Å². The number of nitrogens with zero attached hydrogens (tertiary/aromatic N) is 3. The molecule has 0 aliphatic carbocycles. The standard InChI is InChI=1S/C25H26N4O2S/c1-25(17-32-24-26-13-14-29(24)2)15-30-23(31-16-25)22-27-20(18-9-5-3-6-10-18)21(28-22)19-11-7-4-8-12-19/h3-14,23H,15-17H2,1-2H3,(H,27,28)/t23-,25+. The molecular formula is C25H26N4O2S. The first-order chi connectivity index (χ1) is 15.6. The van der Waals surface area contributed by atoms with Gasteiger partial charge in [0.05, 0.1) is 24.6 Å². The Hall–Kier alpha value is -2.87. The fourth-order valence-electron chi connectivity index (χ4n) is 3.74. The van der Waals surface area contributed by atoms with Gasteiger partial charge in [-0.1, -0.05) is 79.3 Å². The lowest BCUT2D eigenvalue weighted by Gasteiger charge is -2.36. The van der Waals surface area contributed by atoms with Crippen LogP contribution in [0.1, 0.15) is 19.0 Å². The Kier molecular flexibility index (Phi) is 5.87. The maximum Gasteiger partial charge on any atom is 0.217 e. The molecule has 0 atom stereocenters. The van der Waals surface area contributed by atoms with Crippen molar-refractivity contribution in [2.45, 2.75) is 18.4 Å². The highest BCUT2D eigenvalue weighted by Gasteiger charge is 2.35. The number of H-pyrrole nitrogens is 1. The molecule has 0 saturated carbocycles. The predicted octanol–water partition coefficient (Wildman–Crippen LogP) is 5.32. The molecule has 1 N–H and O–H groups in total. The number of hydrogen-bond donors (Lipinski definition) is 1. The molecule has 2 aromatic carbocycles. The van der Waals surface area contributed by atoms with Gasteiger partial charge in [0.15, 0.2) is 11.0 Å². The van der Waals surface area contributed by atoms with E-state index in [1.807, 2.05) is 60.4 Å². The van der Waals surface area contributed by atoms with Crippen molar-refractivity contribution < 1.29 is 9.47 Å². The molecule has 6 nitrogen and oxygen atoms in total. The Morgan fingerprint density at radius 1 is 1.03 bits per heavy atom. The van der Waals surface area contributed by atoms with Crippen LogP contribution in [0, 0.1) is 5.41 Å². The highest BCUT2D eigenvalue weighted by Crippen LogP contribution is 2.37. The summed E-state index contributed by atoms with van der Waals surface area (Å²) < 4.78 is 14.4. The molecule has 0 spiro atoms. The molecule has 1 aliphatic rings. The van der Waals surface area contributed by atoms with Crippen molar-refractivity contribution in [3.05, 3.63) is 78.9 Å². The molecule has 0 bridgehead atoms. The maximum absolute atomic E-state index is 6.16. The molecule has 2 aromatic heterocycles. The van der Waals surface area contributed by atoms with E-state index in [2.05, 4.69) is 41.2 Å². The van der Waals surface area contributed by atoms with Crippen LogP contribution < -0.4 is 0 Å². The minimum absolute atomic E-state index is 0.0930. The van der Waals surface area contributed by atoms with E-state index in [9.17, 15) is 0 Å². The van der Waals surface area contributed by atoms with E-state index in [0.717, 1.165) is 33.4 Å². The average molecular weight is 447 g/mol. The maximum atomic E-state index is 6.16. The summed E-state index contributed by atoms with van der Waals surface area (Å²) in [5.74, 6) is 1.56. The quantitative estimate of drug-likeness (QED) is 0.406. The molecule has 1 saturated heterocycles. The van der Waals surface area contributed by atoms with Crippen molar-refractivity contribution in [2.75, 3.05) is 19.0 Å². The zero-order valence-electron chi connectivity index (χ0n) is 18.2. The van der Waals surface area contributed by atoms with Gasteiger partial charge in [-0.2, -0.15) is 0 Å². The number of rotatable bonds is 6. The normalized spacial score (nSPS) is 21.0. The van der Waals surface area contributed by atoms with Crippen molar-refractivity contribution in [2.24, 2.45) is 12.5 Å². The van der Waals surface area contributed by atoms with Crippen molar-refractivity contribution >= 4 is 11.8 Å². The first-order valence-corrected chi connectivity index (χ1v) is 11.6. The van der Waals surface area contributed by atoms with Crippen molar-refractivity contribution in [3.63, 3.8) is 0 Å². The molecule has 164 valence electrons. The molecule has 5 rings (SSSR count). The van der Waals surface area contributed by atoms with Gasteiger partial charge in [0.25, 0.3) is 0 Å². The number of benzene rings is 2. The van der Waals surface area contributed by atoms with Gasteiger partial charge in [-0.15, -0.1) is 0 Å². The number of thioether (sulfide) groups is 1. The molecule has 4 aromatic rings. The first kappa shape index (κ1) is 21.0. The van der Waals surface area contributed by atoms with Crippen LogP contribution in [0.4, 0.5) is 0 Å². The summed E-state index contributed by atoms with van der Waals surface area (Å²) in [5.41, 5.74) is 3.91. The summed E-state index contributed by atoms with van der Waals surface area (Å²) in [7, 11) is 2.01. The summed E-state index contributed by atoms with van der Waals surface area (Å²) in [4.78, 5) is 12.8. The van der Waals surface area contributed by atoms with Crippen LogP contribution in [0.25, 0.3) is 22.5 Å². The van der Waals surface area contributed by atoms with Crippen molar-refractivity contribution in [3.8, 4) is 22.5 Å². The number of hydrogen-bond acceptors (Lipinski definition) is 5. The molecule has 1 aliphatic heterocycles. The fourth-order valence-corrected chi connectivity index (χ4v) is 4.78. The Morgan fingerprint density at radius 3 is 2.31 bits per heavy atom. The average Bonchev–Trinajstić information content (AvgIpc) is 3.46. The molecule has 7 heteroatoms. The van der Waals surface area contributed by atoms with Crippen LogP contribution in [-0.2, 0) is 16.5 Å². The number of nitrogens with one attached hydrogen (secondary N) is 1. The highest BCUT2D eigenvalue weighted by atomic mass is 32.2. The van der Waals surface area contributed by atoms with Gasteiger partial charge in [0.1, 0.15) is 0 Å². The molecule has 0 unspecified atom stereocenters. The van der Waals surface area contributed by atoms with Crippen molar-refractivity contribution in [1.29, 1.82) is 0 Å². The molecule has 1 fully saturated rings. The van der Waals surface area contributed by atoms with E-state index in [0.29, 0.717) is 19.0 Å². The van der Waals surface area contributed by atoms with Gasteiger partial charge in [-0.25, -0.2) is 9.97 Å². The van der Waals surface area contributed by atoms with E-state index in [1.165, 1.54) is 0 Å². The molecule has 0 radical (unpaired) electrons. The van der Waals surface area contributed by atoms with E-state index in [1.54, 1.807) is 11.8 Å². The molecule has 3 heterocycles. The van der Waals surface area contributed by atoms with Gasteiger partial charge >= 0.3 is 0 Å². The highest BCUT2D eigenvalue weighted by molar-refractivity contribution is 7.99. The van der Waals surface area contributed by atoms with Crippen LogP contribution in [0.15, 0.2) is 78.2 Å². The SMILES string of the molecule is Cn1ccnc1SC[C@]1(C)CO[C@H](c2nc(-c3ccccc3)c(-c3ccccc3)[nH]2)OC1. The Balaban J connectivity index is 1.34. The molecule has 0 amide bonds. The minimum Gasteiger partial charge on any atom is -0.345 e. The predicted molar refractivity (Wildman–Crippen MR) is 126 cm³/mol. The van der Waals surface area contributed by atoms with Crippen molar-refractivity contribution in [1.82, 2.24) is 19.5 Å². The van der Waals surface area contributed by atoms with E-state index >= 15 is 0 Å².